The van der Waals surface area contributed by atoms with E-state index in [0.29, 0.717) is 16.2 Å². The Morgan fingerprint density at radius 3 is 2.65 bits per heavy atom. The Labute approximate surface area is 189 Å². The number of amides is 2. The summed E-state index contributed by atoms with van der Waals surface area (Å²) < 4.78 is 7.58. The average molecular weight is 452 g/mol. The zero-order valence-corrected chi connectivity index (χ0v) is 18.8. The number of methoxy groups -OCH3 is 1. The SMILES string of the molecule is CCCn1cc(/C=C2\SC(=S)N(NC(=O)c3ccc(OC)cc3)C2=O)c2ccccc21. The molecule has 0 unspecified atom stereocenters. The normalized spacial score (nSPS) is 15.2. The maximum Gasteiger partial charge on any atom is 0.285 e. The molecule has 3 aromatic rings. The lowest BCUT2D eigenvalue weighted by Gasteiger charge is -2.15. The van der Waals surface area contributed by atoms with Crippen molar-refractivity contribution in [1.82, 2.24) is 15.0 Å². The zero-order valence-electron chi connectivity index (χ0n) is 17.1. The minimum absolute atomic E-state index is 0.287. The maximum atomic E-state index is 13.0. The first-order chi connectivity index (χ1) is 15.0. The van der Waals surface area contributed by atoms with Gasteiger partial charge in [-0.05, 0) is 55.0 Å². The predicted octanol–water partition coefficient (Wildman–Crippen LogP) is 4.61. The largest absolute Gasteiger partial charge is 0.497 e. The summed E-state index contributed by atoms with van der Waals surface area (Å²) in [6.45, 7) is 3.03. The van der Waals surface area contributed by atoms with Crippen LogP contribution in [0.25, 0.3) is 17.0 Å². The number of benzene rings is 2. The third-order valence-electron chi connectivity index (χ3n) is 4.93. The molecule has 31 heavy (non-hydrogen) atoms. The maximum absolute atomic E-state index is 13.0. The van der Waals surface area contributed by atoms with E-state index in [9.17, 15) is 9.59 Å². The molecule has 0 bridgehead atoms. The summed E-state index contributed by atoms with van der Waals surface area (Å²) in [7, 11) is 1.56. The van der Waals surface area contributed by atoms with Crippen LogP contribution in [0, 0.1) is 0 Å². The van der Waals surface area contributed by atoms with E-state index in [1.54, 1.807) is 31.4 Å². The van der Waals surface area contributed by atoms with Gasteiger partial charge in [-0.15, -0.1) is 0 Å². The van der Waals surface area contributed by atoms with Crippen molar-refractivity contribution < 1.29 is 14.3 Å². The summed E-state index contributed by atoms with van der Waals surface area (Å²) in [6.07, 6.45) is 4.90. The fourth-order valence-corrected chi connectivity index (χ4v) is 4.60. The second-order valence-electron chi connectivity index (χ2n) is 6.98. The molecule has 1 saturated heterocycles. The number of hydrazine groups is 1. The summed E-state index contributed by atoms with van der Waals surface area (Å²) in [5, 5.41) is 2.20. The van der Waals surface area contributed by atoms with Crippen molar-refractivity contribution in [3.8, 4) is 5.75 Å². The van der Waals surface area contributed by atoms with Crippen LogP contribution in [-0.4, -0.2) is 32.8 Å². The number of nitrogens with zero attached hydrogens (tertiary/aromatic N) is 2. The molecule has 4 rings (SSSR count). The Morgan fingerprint density at radius 2 is 1.94 bits per heavy atom. The molecule has 0 saturated carbocycles. The van der Waals surface area contributed by atoms with Gasteiger partial charge in [0.05, 0.1) is 12.0 Å². The second-order valence-corrected chi connectivity index (χ2v) is 8.66. The molecule has 1 aromatic heterocycles. The first-order valence-electron chi connectivity index (χ1n) is 9.82. The van der Waals surface area contributed by atoms with Crippen LogP contribution < -0.4 is 10.2 Å². The molecule has 0 spiro atoms. The fraction of sp³-hybridized carbons (Fsp3) is 0.174. The Balaban J connectivity index is 1.57. The summed E-state index contributed by atoms with van der Waals surface area (Å²) >= 11 is 6.52. The second kappa shape index (κ2) is 8.95. The Morgan fingerprint density at radius 1 is 1.19 bits per heavy atom. The number of ether oxygens (including phenoxy) is 1. The molecule has 1 aliphatic heterocycles. The van der Waals surface area contributed by atoms with Crippen LogP contribution in [0.3, 0.4) is 0 Å². The number of hydrogen-bond acceptors (Lipinski definition) is 5. The first-order valence-corrected chi connectivity index (χ1v) is 11.0. The monoisotopic (exact) mass is 451 g/mol. The van der Waals surface area contributed by atoms with Crippen molar-refractivity contribution in [2.45, 2.75) is 19.9 Å². The number of fused-ring (bicyclic) bond motifs is 1. The molecular weight excluding hydrogens is 430 g/mol. The molecule has 1 fully saturated rings. The number of para-hydroxylation sites is 1. The van der Waals surface area contributed by atoms with Crippen LogP contribution in [0.5, 0.6) is 5.75 Å². The van der Waals surface area contributed by atoms with Gasteiger partial charge in [-0.2, -0.15) is 5.01 Å². The highest BCUT2D eigenvalue weighted by Gasteiger charge is 2.34. The topological polar surface area (TPSA) is 63.6 Å². The van der Waals surface area contributed by atoms with E-state index in [-0.39, 0.29) is 10.2 Å². The van der Waals surface area contributed by atoms with E-state index in [4.69, 9.17) is 17.0 Å². The molecular formula is C23H21N3O3S2. The van der Waals surface area contributed by atoms with E-state index in [0.717, 1.165) is 34.4 Å². The highest BCUT2D eigenvalue weighted by Crippen LogP contribution is 2.33. The van der Waals surface area contributed by atoms with E-state index in [2.05, 4.69) is 29.2 Å². The molecule has 0 atom stereocenters. The Kier molecular flexibility index (Phi) is 6.11. The molecule has 6 nitrogen and oxygen atoms in total. The number of aromatic nitrogens is 1. The van der Waals surface area contributed by atoms with E-state index in [1.807, 2.05) is 24.3 Å². The fourth-order valence-electron chi connectivity index (χ4n) is 3.43. The Bertz CT molecular complexity index is 1200. The lowest BCUT2D eigenvalue weighted by molar-refractivity contribution is -0.123. The standard InChI is InChI=1S/C23H21N3O3S2/c1-3-12-25-14-16(18-6-4-5-7-19(18)25)13-20-22(28)26(23(30)31-20)24-21(27)15-8-10-17(29-2)11-9-15/h4-11,13-14H,3,12H2,1-2H3,(H,24,27)/b20-13-. The molecule has 0 aliphatic carbocycles. The van der Waals surface area contributed by atoms with Gasteiger partial charge in [-0.25, -0.2) is 0 Å². The summed E-state index contributed by atoms with van der Waals surface area (Å²) in [4.78, 5) is 26.0. The van der Waals surface area contributed by atoms with E-state index < -0.39 is 5.91 Å². The lowest BCUT2D eigenvalue weighted by atomic mass is 10.1. The summed E-state index contributed by atoms with van der Waals surface area (Å²) in [6, 6.07) is 14.7. The van der Waals surface area contributed by atoms with Gasteiger partial charge in [0.15, 0.2) is 4.32 Å². The van der Waals surface area contributed by atoms with Gasteiger partial charge < -0.3 is 9.30 Å². The minimum Gasteiger partial charge on any atom is -0.497 e. The molecule has 2 aromatic carbocycles. The van der Waals surface area contributed by atoms with Crippen molar-refractivity contribution >= 4 is 57.1 Å². The van der Waals surface area contributed by atoms with Gasteiger partial charge >= 0.3 is 0 Å². The number of carbonyl (C=O) groups excluding carboxylic acids is 2. The number of rotatable bonds is 6. The molecule has 0 radical (unpaired) electrons. The van der Waals surface area contributed by atoms with Crippen LogP contribution in [0.4, 0.5) is 0 Å². The van der Waals surface area contributed by atoms with Crippen molar-refractivity contribution in [3.63, 3.8) is 0 Å². The number of thioether (sulfide) groups is 1. The van der Waals surface area contributed by atoms with Crippen LogP contribution in [0.2, 0.25) is 0 Å². The molecule has 1 N–H and O–H groups in total. The summed E-state index contributed by atoms with van der Waals surface area (Å²) in [5.41, 5.74) is 5.08. The third kappa shape index (κ3) is 4.22. The van der Waals surface area contributed by atoms with Crippen molar-refractivity contribution in [2.75, 3.05) is 7.11 Å². The van der Waals surface area contributed by atoms with Crippen molar-refractivity contribution in [1.29, 1.82) is 0 Å². The van der Waals surface area contributed by atoms with Crippen molar-refractivity contribution in [3.05, 3.63) is 70.8 Å². The van der Waals surface area contributed by atoms with Crippen molar-refractivity contribution in [2.24, 2.45) is 0 Å². The highest BCUT2D eigenvalue weighted by molar-refractivity contribution is 8.26. The van der Waals surface area contributed by atoms with Crippen LogP contribution in [-0.2, 0) is 11.3 Å². The number of nitrogens with one attached hydrogen (secondary N) is 1. The van der Waals surface area contributed by atoms with Gasteiger partial charge in [-0.1, -0.05) is 36.9 Å². The lowest BCUT2D eigenvalue weighted by Crippen LogP contribution is -2.44. The number of thiocarbonyl (C=S) groups is 1. The molecule has 1 aliphatic rings. The van der Waals surface area contributed by atoms with Gasteiger partial charge in [0.1, 0.15) is 5.75 Å². The Hall–Kier alpha value is -3.10. The minimum atomic E-state index is -0.417. The molecule has 2 heterocycles. The van der Waals surface area contributed by atoms with E-state index >= 15 is 0 Å². The third-order valence-corrected chi connectivity index (χ3v) is 6.23. The van der Waals surface area contributed by atoms with Crippen LogP contribution in [0.1, 0.15) is 29.3 Å². The number of carbonyl (C=O) groups is 2. The van der Waals surface area contributed by atoms with Crippen LogP contribution in [0.15, 0.2) is 59.6 Å². The number of aryl methyl sites for hydroxylation is 1. The number of hydrogen-bond donors (Lipinski definition) is 1. The highest BCUT2D eigenvalue weighted by atomic mass is 32.2. The molecule has 8 heteroatoms. The molecule has 158 valence electrons. The predicted molar refractivity (Wildman–Crippen MR) is 128 cm³/mol. The average Bonchev–Trinajstić information content (AvgIpc) is 3.26. The van der Waals surface area contributed by atoms with Crippen LogP contribution >= 0.6 is 24.0 Å². The van der Waals surface area contributed by atoms with Gasteiger partial charge in [0.25, 0.3) is 11.8 Å². The van der Waals surface area contributed by atoms with E-state index in [1.165, 1.54) is 11.8 Å². The van der Waals surface area contributed by atoms with Gasteiger partial charge in [0.2, 0.25) is 0 Å². The first kappa shape index (κ1) is 21.1. The summed E-state index contributed by atoms with van der Waals surface area (Å²) in [5.74, 6) is -0.115. The van der Waals surface area contributed by atoms with Gasteiger partial charge in [-0.3, -0.25) is 15.0 Å². The quantitative estimate of drug-likeness (QED) is 0.438. The zero-order chi connectivity index (χ0) is 22.0. The van der Waals surface area contributed by atoms with Gasteiger partial charge in [0, 0.05) is 34.8 Å². The smallest absolute Gasteiger partial charge is 0.285 e. The molecule has 2 amide bonds.